The van der Waals surface area contributed by atoms with Crippen molar-refractivity contribution in [3.63, 3.8) is 0 Å². The summed E-state index contributed by atoms with van der Waals surface area (Å²) in [7, 11) is 0. The van der Waals surface area contributed by atoms with Gasteiger partial charge in [-0.05, 0) is 92.3 Å². The van der Waals surface area contributed by atoms with Crippen molar-refractivity contribution in [2.24, 2.45) is 5.92 Å². The number of fused-ring (bicyclic) bond motifs is 1. The fourth-order valence-corrected chi connectivity index (χ4v) is 6.11. The first-order chi connectivity index (χ1) is 26.7. The number of ether oxygens (including phenoxy) is 2. The summed E-state index contributed by atoms with van der Waals surface area (Å²) < 4.78 is 11.4. The smallest absolute Gasteiger partial charge is 0.408 e. The van der Waals surface area contributed by atoms with Gasteiger partial charge in [0.1, 0.15) is 41.8 Å². The lowest BCUT2D eigenvalue weighted by Gasteiger charge is -2.27. The normalized spacial score (nSPS) is 13.0. The van der Waals surface area contributed by atoms with Crippen LogP contribution >= 0.6 is 0 Å². The molecule has 56 heavy (non-hydrogen) atoms. The van der Waals surface area contributed by atoms with Crippen LogP contribution in [0.5, 0.6) is 11.5 Å². The molecule has 0 unspecified atom stereocenters. The minimum atomic E-state index is -1.11. The molecule has 1 heterocycles. The van der Waals surface area contributed by atoms with Crippen LogP contribution in [0.1, 0.15) is 57.7 Å². The molecule has 4 amide bonds. The van der Waals surface area contributed by atoms with Gasteiger partial charge >= 0.3 is 6.09 Å². The Labute approximate surface area is 327 Å². The molecule has 0 spiro atoms. The molecule has 6 N–H and O–H groups in total. The van der Waals surface area contributed by atoms with Crippen LogP contribution in [0, 0.1) is 5.92 Å². The Balaban J connectivity index is 1.34. The van der Waals surface area contributed by atoms with E-state index in [0.29, 0.717) is 18.0 Å². The second kappa shape index (κ2) is 18.8. The molecule has 0 radical (unpaired) electrons. The van der Waals surface area contributed by atoms with Crippen molar-refractivity contribution in [2.45, 2.75) is 84.2 Å². The Morgan fingerprint density at radius 1 is 0.696 bits per heavy atom. The molecular formula is C44H51N5O7. The van der Waals surface area contributed by atoms with Crippen LogP contribution in [0.3, 0.4) is 0 Å². The third-order valence-electron chi connectivity index (χ3n) is 8.83. The molecule has 5 rings (SSSR count). The number of phenolic OH excluding ortho intramolecular Hbond substituents is 1. The number of H-pyrrole nitrogens is 1. The summed E-state index contributed by atoms with van der Waals surface area (Å²) in [6, 6.07) is 27.5. The highest BCUT2D eigenvalue weighted by Crippen LogP contribution is 2.21. The SMILES string of the molecule is CC(C)C[C@H](NC(=O)[C@H](Cc1ccc(OCc2ccccc2)cc1)NC(=O)OC(C)(C)C)C(=O)N[C@@H](Cc1c[nH]c2ccccc12)C(=O)Nc1ccc(O)cc1. The number of amides is 4. The Bertz CT molecular complexity index is 2070. The lowest BCUT2D eigenvalue weighted by molar-refractivity contribution is -0.132. The van der Waals surface area contributed by atoms with Crippen molar-refractivity contribution in [2.75, 3.05) is 5.32 Å². The zero-order valence-electron chi connectivity index (χ0n) is 32.4. The number of aromatic amines is 1. The molecule has 1 aromatic heterocycles. The molecule has 0 saturated carbocycles. The monoisotopic (exact) mass is 761 g/mol. The van der Waals surface area contributed by atoms with Gasteiger partial charge in [-0.1, -0.05) is 74.5 Å². The van der Waals surface area contributed by atoms with E-state index >= 15 is 0 Å². The highest BCUT2D eigenvalue weighted by molar-refractivity contribution is 5.99. The van der Waals surface area contributed by atoms with Gasteiger partial charge in [0, 0.05) is 35.6 Å². The summed E-state index contributed by atoms with van der Waals surface area (Å²) in [5.41, 5.74) is 3.08. The number of anilines is 1. The average Bonchev–Trinajstić information content (AvgIpc) is 3.56. The van der Waals surface area contributed by atoms with E-state index in [1.807, 2.05) is 80.6 Å². The lowest BCUT2D eigenvalue weighted by atomic mass is 9.99. The number of para-hydroxylation sites is 1. The van der Waals surface area contributed by atoms with Gasteiger partial charge in [-0.2, -0.15) is 0 Å². The number of rotatable bonds is 16. The predicted octanol–water partition coefficient (Wildman–Crippen LogP) is 6.79. The van der Waals surface area contributed by atoms with Crippen molar-refractivity contribution in [3.05, 3.63) is 126 Å². The first-order valence-corrected chi connectivity index (χ1v) is 18.7. The van der Waals surface area contributed by atoms with Gasteiger partial charge in [-0.15, -0.1) is 0 Å². The van der Waals surface area contributed by atoms with Gasteiger partial charge in [-0.3, -0.25) is 14.4 Å². The van der Waals surface area contributed by atoms with E-state index in [1.54, 1.807) is 51.2 Å². The van der Waals surface area contributed by atoms with E-state index in [4.69, 9.17) is 9.47 Å². The van der Waals surface area contributed by atoms with Gasteiger partial charge < -0.3 is 40.8 Å². The van der Waals surface area contributed by atoms with Gasteiger partial charge in [0.2, 0.25) is 17.7 Å². The number of aromatic hydroxyl groups is 1. The zero-order valence-corrected chi connectivity index (χ0v) is 32.4. The molecule has 12 nitrogen and oxygen atoms in total. The number of phenols is 1. The van der Waals surface area contributed by atoms with Crippen molar-refractivity contribution >= 4 is 40.4 Å². The molecule has 5 aromatic rings. The second-order valence-electron chi connectivity index (χ2n) is 15.2. The van der Waals surface area contributed by atoms with Crippen LogP contribution in [-0.2, 0) is 38.6 Å². The van der Waals surface area contributed by atoms with E-state index in [-0.39, 0.29) is 30.9 Å². The summed E-state index contributed by atoms with van der Waals surface area (Å²) >= 11 is 0. The molecule has 3 atom stereocenters. The van der Waals surface area contributed by atoms with E-state index in [0.717, 1.165) is 27.6 Å². The summed E-state index contributed by atoms with van der Waals surface area (Å²) in [6.07, 6.45) is 1.52. The average molecular weight is 762 g/mol. The number of carbonyl (C=O) groups is 4. The first kappa shape index (κ1) is 40.9. The summed E-state index contributed by atoms with van der Waals surface area (Å²) in [5, 5.41) is 21.9. The Morgan fingerprint density at radius 2 is 1.32 bits per heavy atom. The fourth-order valence-electron chi connectivity index (χ4n) is 6.11. The predicted molar refractivity (Wildman–Crippen MR) is 216 cm³/mol. The highest BCUT2D eigenvalue weighted by Gasteiger charge is 2.32. The van der Waals surface area contributed by atoms with Crippen molar-refractivity contribution in [3.8, 4) is 11.5 Å². The third-order valence-corrected chi connectivity index (χ3v) is 8.83. The lowest BCUT2D eigenvalue weighted by Crippen LogP contribution is -2.57. The number of benzene rings is 4. The summed E-state index contributed by atoms with van der Waals surface area (Å²) in [5.74, 6) is -0.974. The minimum Gasteiger partial charge on any atom is -0.508 e. The van der Waals surface area contributed by atoms with Crippen molar-refractivity contribution < 1.29 is 33.8 Å². The molecule has 0 aliphatic carbocycles. The van der Waals surface area contributed by atoms with Crippen LogP contribution in [0.4, 0.5) is 10.5 Å². The maximum atomic E-state index is 14.1. The van der Waals surface area contributed by atoms with E-state index < -0.39 is 47.5 Å². The maximum Gasteiger partial charge on any atom is 0.408 e. The first-order valence-electron chi connectivity index (χ1n) is 18.7. The van der Waals surface area contributed by atoms with Crippen LogP contribution in [0.15, 0.2) is 109 Å². The molecule has 294 valence electrons. The van der Waals surface area contributed by atoms with Crippen molar-refractivity contribution in [1.82, 2.24) is 20.9 Å². The van der Waals surface area contributed by atoms with Gasteiger partial charge in [0.25, 0.3) is 0 Å². The topological polar surface area (TPSA) is 171 Å². The van der Waals surface area contributed by atoms with Crippen LogP contribution in [-0.4, -0.2) is 57.6 Å². The van der Waals surface area contributed by atoms with Crippen LogP contribution in [0.2, 0.25) is 0 Å². The van der Waals surface area contributed by atoms with E-state index in [9.17, 15) is 24.3 Å². The van der Waals surface area contributed by atoms with Gasteiger partial charge in [0.15, 0.2) is 0 Å². The standard InChI is InChI=1S/C44H51N5O7/c1-28(2)23-37(41(52)48-39(40(51)46-32-17-19-33(50)20-18-32)25-31-26-45-36-14-10-9-13-35(31)36)47-42(53)38(49-43(54)56-44(3,4)5)24-29-15-21-34(22-16-29)55-27-30-11-7-6-8-12-30/h6-22,26,28,37-39,45,50H,23-25,27H2,1-5H3,(H,46,51)(H,47,53)(H,48,52)(H,49,54)/t37-,38-,39-/m0/s1. The Hall–Kier alpha value is -6.30. The van der Waals surface area contributed by atoms with Crippen LogP contribution < -0.4 is 26.0 Å². The Morgan fingerprint density at radius 3 is 2.00 bits per heavy atom. The van der Waals surface area contributed by atoms with E-state index in [1.165, 1.54) is 12.1 Å². The largest absolute Gasteiger partial charge is 0.508 e. The number of nitrogens with one attached hydrogen (secondary N) is 5. The molecule has 0 saturated heterocycles. The number of hydrogen-bond acceptors (Lipinski definition) is 7. The molecular weight excluding hydrogens is 711 g/mol. The second-order valence-corrected chi connectivity index (χ2v) is 15.2. The quantitative estimate of drug-likeness (QED) is 0.0602. The number of alkyl carbamates (subject to hydrolysis) is 1. The third kappa shape index (κ3) is 12.4. The fraction of sp³-hybridized carbons (Fsp3) is 0.318. The number of hydrogen-bond donors (Lipinski definition) is 6. The van der Waals surface area contributed by atoms with Gasteiger partial charge in [0.05, 0.1) is 0 Å². The molecule has 0 aliphatic heterocycles. The molecule has 4 aromatic carbocycles. The van der Waals surface area contributed by atoms with Crippen molar-refractivity contribution in [1.29, 1.82) is 0 Å². The van der Waals surface area contributed by atoms with Gasteiger partial charge in [-0.25, -0.2) is 4.79 Å². The maximum absolute atomic E-state index is 14.1. The van der Waals surface area contributed by atoms with E-state index in [2.05, 4.69) is 26.3 Å². The molecule has 0 fully saturated rings. The minimum absolute atomic E-state index is 0.0235. The van der Waals surface area contributed by atoms with Crippen LogP contribution in [0.25, 0.3) is 10.9 Å². The summed E-state index contributed by atoms with van der Waals surface area (Å²) in [6.45, 7) is 9.42. The number of carbonyl (C=O) groups excluding carboxylic acids is 4. The number of aromatic nitrogens is 1. The zero-order chi connectivity index (χ0) is 40.2. The Kier molecular flexibility index (Phi) is 13.7. The molecule has 12 heteroatoms. The molecule has 0 bridgehead atoms. The highest BCUT2D eigenvalue weighted by atomic mass is 16.6. The molecule has 0 aliphatic rings. The summed E-state index contributed by atoms with van der Waals surface area (Å²) in [4.78, 5) is 58.2.